The summed E-state index contributed by atoms with van der Waals surface area (Å²) in [6.07, 6.45) is 5.15. The summed E-state index contributed by atoms with van der Waals surface area (Å²) in [5.74, 6) is 0.272. The van der Waals surface area contributed by atoms with Gasteiger partial charge in [-0.05, 0) is 66.6 Å². The molecule has 8 nitrogen and oxygen atoms in total. The highest BCUT2D eigenvalue weighted by Crippen LogP contribution is 2.28. The van der Waals surface area contributed by atoms with Crippen molar-refractivity contribution in [3.8, 4) is 11.5 Å². The number of aryl methyl sites for hydroxylation is 2. The van der Waals surface area contributed by atoms with Gasteiger partial charge < -0.3 is 30.6 Å². The van der Waals surface area contributed by atoms with Gasteiger partial charge in [-0.25, -0.2) is 0 Å². The lowest BCUT2D eigenvalue weighted by Crippen LogP contribution is -2.40. The number of carbonyl (C=O) groups is 2. The van der Waals surface area contributed by atoms with E-state index in [4.69, 9.17) is 20.3 Å². The number of unbranched alkanes of at least 4 members (excludes halogenated alkanes) is 1. The second-order valence-electron chi connectivity index (χ2n) is 10.1. The number of aromatic nitrogens is 1. The van der Waals surface area contributed by atoms with Crippen molar-refractivity contribution < 1.29 is 24.2 Å². The molecule has 0 radical (unpaired) electrons. The molecular formula is C33H39N3O5. The number of Topliss-reactive ketones (excluding diaryl/α,β-unsaturated/α-hetero) is 1. The molecule has 5 N–H and O–H groups in total. The number of aromatic amines is 1. The molecule has 1 amide bonds. The molecule has 4 rings (SSSR count). The minimum absolute atomic E-state index is 0.0947. The molecule has 0 aliphatic heterocycles. The molecule has 0 spiro atoms. The molecule has 1 aromatic heterocycles. The number of aliphatic hydroxyl groups excluding tert-OH is 1. The molecule has 2 atom stereocenters. The first-order valence-electron chi connectivity index (χ1n) is 14.1. The van der Waals surface area contributed by atoms with Gasteiger partial charge in [0.2, 0.25) is 5.91 Å². The first-order chi connectivity index (χ1) is 20.0. The van der Waals surface area contributed by atoms with Crippen molar-refractivity contribution in [3.63, 3.8) is 0 Å². The van der Waals surface area contributed by atoms with E-state index in [-0.39, 0.29) is 37.9 Å². The van der Waals surface area contributed by atoms with Crippen molar-refractivity contribution >= 4 is 22.6 Å². The van der Waals surface area contributed by atoms with E-state index in [9.17, 15) is 9.59 Å². The molecule has 0 saturated carbocycles. The van der Waals surface area contributed by atoms with Crippen LogP contribution in [0.2, 0.25) is 0 Å². The van der Waals surface area contributed by atoms with Gasteiger partial charge in [0.1, 0.15) is 18.1 Å². The Balaban J connectivity index is 1.41. The van der Waals surface area contributed by atoms with Gasteiger partial charge in [-0.1, -0.05) is 48.5 Å². The summed E-state index contributed by atoms with van der Waals surface area (Å²) >= 11 is 0. The van der Waals surface area contributed by atoms with Gasteiger partial charge in [0.05, 0.1) is 13.0 Å². The normalized spacial score (nSPS) is 12.6. The number of carbonyl (C=O) groups excluding carboxylic acids is 2. The first-order valence-corrected chi connectivity index (χ1v) is 14.1. The molecule has 41 heavy (non-hydrogen) atoms. The van der Waals surface area contributed by atoms with Crippen LogP contribution in [0.3, 0.4) is 0 Å². The Morgan fingerprint density at radius 1 is 0.976 bits per heavy atom. The van der Waals surface area contributed by atoms with E-state index in [0.29, 0.717) is 12.2 Å². The van der Waals surface area contributed by atoms with Crippen LogP contribution < -0.4 is 20.5 Å². The van der Waals surface area contributed by atoms with Crippen molar-refractivity contribution in [1.82, 2.24) is 10.3 Å². The number of hydrogen-bond acceptors (Lipinski definition) is 6. The smallest absolute Gasteiger partial charge is 0.220 e. The maximum Gasteiger partial charge on any atom is 0.220 e. The molecule has 216 valence electrons. The number of methoxy groups -OCH3 is 1. The van der Waals surface area contributed by atoms with Crippen LogP contribution in [-0.4, -0.2) is 48.6 Å². The first kappa shape index (κ1) is 29.8. The second kappa shape index (κ2) is 15.0. The zero-order valence-corrected chi connectivity index (χ0v) is 23.5. The summed E-state index contributed by atoms with van der Waals surface area (Å²) in [7, 11) is 1.61. The average molecular weight is 558 g/mol. The van der Waals surface area contributed by atoms with Gasteiger partial charge in [-0.15, -0.1) is 0 Å². The third-order valence-electron chi connectivity index (χ3n) is 7.34. The largest absolute Gasteiger partial charge is 0.496 e. The Kier molecular flexibility index (Phi) is 10.9. The van der Waals surface area contributed by atoms with Crippen LogP contribution in [0.25, 0.3) is 10.9 Å². The summed E-state index contributed by atoms with van der Waals surface area (Å²) < 4.78 is 11.2. The molecule has 0 fully saturated rings. The Labute approximate surface area is 240 Å². The van der Waals surface area contributed by atoms with Crippen LogP contribution in [0.15, 0.2) is 79.0 Å². The van der Waals surface area contributed by atoms with Gasteiger partial charge in [0.15, 0.2) is 5.78 Å². The highest BCUT2D eigenvalue weighted by Gasteiger charge is 2.29. The molecule has 2 unspecified atom stereocenters. The number of para-hydroxylation sites is 2. The Bertz CT molecular complexity index is 1420. The maximum atomic E-state index is 13.5. The van der Waals surface area contributed by atoms with Crippen LogP contribution in [0.5, 0.6) is 11.5 Å². The predicted octanol–water partition coefficient (Wildman–Crippen LogP) is 4.50. The van der Waals surface area contributed by atoms with E-state index in [2.05, 4.69) is 10.3 Å². The van der Waals surface area contributed by atoms with Crippen LogP contribution in [0, 0.1) is 5.92 Å². The fraction of sp³-hybridized carbons (Fsp3) is 0.333. The van der Waals surface area contributed by atoms with Crippen LogP contribution in [0.4, 0.5) is 0 Å². The number of nitrogens with two attached hydrogens (primary N) is 1. The quantitative estimate of drug-likeness (QED) is 0.150. The van der Waals surface area contributed by atoms with E-state index in [0.717, 1.165) is 52.6 Å². The van der Waals surface area contributed by atoms with Gasteiger partial charge in [0.25, 0.3) is 0 Å². The van der Waals surface area contributed by atoms with E-state index < -0.39 is 12.0 Å². The number of rotatable bonds is 16. The SMILES string of the molecule is COc1ccccc1CCC(=O)NCC(C(=O)COc1ccc(CCCCO)cc1)C(N)c1c[nH]c2ccccc12. The number of hydrogen-bond donors (Lipinski definition) is 4. The van der Waals surface area contributed by atoms with Crippen molar-refractivity contribution in [3.05, 3.63) is 95.7 Å². The van der Waals surface area contributed by atoms with E-state index in [1.165, 1.54) is 0 Å². The van der Waals surface area contributed by atoms with E-state index in [1.807, 2.05) is 79.0 Å². The summed E-state index contributed by atoms with van der Waals surface area (Å²) in [6, 6.07) is 22.4. The molecule has 0 bridgehead atoms. The van der Waals surface area contributed by atoms with Gasteiger partial charge in [0, 0.05) is 42.7 Å². The standard InChI is InChI=1S/C33H39N3O5/c1-40-31-12-5-2-9-24(31)15-18-32(39)36-21-28(33(34)27-20-35-29-11-4-3-10-26(27)29)30(38)22-41-25-16-13-23(14-17-25)8-6-7-19-37/h2-5,9-14,16-17,20,28,33,35,37H,6-8,15,18-19,21-22,34H2,1H3,(H,36,39). The van der Waals surface area contributed by atoms with Crippen molar-refractivity contribution in [2.75, 3.05) is 26.9 Å². The number of H-pyrrole nitrogens is 1. The summed E-state index contributed by atoms with van der Waals surface area (Å²) in [5.41, 5.74) is 10.5. The maximum absolute atomic E-state index is 13.5. The number of nitrogens with one attached hydrogen (secondary N) is 2. The van der Waals surface area contributed by atoms with Crippen LogP contribution in [-0.2, 0) is 22.4 Å². The summed E-state index contributed by atoms with van der Waals surface area (Å²) in [5, 5.41) is 12.8. The predicted molar refractivity (Wildman–Crippen MR) is 160 cm³/mol. The zero-order valence-electron chi connectivity index (χ0n) is 23.5. The van der Waals surface area contributed by atoms with Crippen LogP contribution >= 0.6 is 0 Å². The molecule has 3 aromatic carbocycles. The topological polar surface area (TPSA) is 127 Å². The highest BCUT2D eigenvalue weighted by atomic mass is 16.5. The Morgan fingerprint density at radius 2 is 1.73 bits per heavy atom. The lowest BCUT2D eigenvalue weighted by molar-refractivity contribution is -0.126. The van der Waals surface area contributed by atoms with Crippen molar-refractivity contribution in [1.29, 1.82) is 0 Å². The fourth-order valence-electron chi connectivity index (χ4n) is 4.95. The lowest BCUT2D eigenvalue weighted by Gasteiger charge is -2.23. The summed E-state index contributed by atoms with van der Waals surface area (Å²) in [6.45, 7) is 0.118. The minimum atomic E-state index is -0.692. The number of fused-ring (bicyclic) bond motifs is 1. The van der Waals surface area contributed by atoms with E-state index >= 15 is 0 Å². The molecule has 0 saturated heterocycles. The molecule has 0 aliphatic carbocycles. The van der Waals surface area contributed by atoms with Gasteiger partial charge in [-0.2, -0.15) is 0 Å². The third kappa shape index (κ3) is 8.19. The minimum Gasteiger partial charge on any atom is -0.496 e. The molecule has 0 aliphatic rings. The number of amides is 1. The number of ketones is 1. The average Bonchev–Trinajstić information content (AvgIpc) is 3.44. The zero-order chi connectivity index (χ0) is 29.0. The lowest BCUT2D eigenvalue weighted by atomic mass is 9.90. The molecule has 1 heterocycles. The van der Waals surface area contributed by atoms with Crippen molar-refractivity contribution in [2.45, 2.75) is 38.1 Å². The van der Waals surface area contributed by atoms with E-state index in [1.54, 1.807) is 7.11 Å². The second-order valence-corrected chi connectivity index (χ2v) is 10.1. The Morgan fingerprint density at radius 3 is 2.51 bits per heavy atom. The summed E-state index contributed by atoms with van der Waals surface area (Å²) in [4.78, 5) is 29.5. The number of benzene rings is 3. The van der Waals surface area contributed by atoms with Crippen molar-refractivity contribution in [2.24, 2.45) is 11.7 Å². The molecule has 8 heteroatoms. The fourth-order valence-corrected chi connectivity index (χ4v) is 4.95. The van der Waals surface area contributed by atoms with Crippen LogP contribution in [0.1, 0.15) is 42.0 Å². The highest BCUT2D eigenvalue weighted by molar-refractivity contribution is 5.88. The third-order valence-corrected chi connectivity index (χ3v) is 7.34. The van der Waals surface area contributed by atoms with Gasteiger partial charge in [-0.3, -0.25) is 9.59 Å². The molecular weight excluding hydrogens is 518 g/mol. The monoisotopic (exact) mass is 557 g/mol. The Hall–Kier alpha value is -4.14. The number of aliphatic hydroxyl groups is 1. The molecule has 4 aromatic rings. The van der Waals surface area contributed by atoms with Gasteiger partial charge >= 0.3 is 0 Å². The number of ether oxygens (including phenoxy) is 2.